The first-order valence-corrected chi connectivity index (χ1v) is 6.61. The van der Waals surface area contributed by atoms with Gasteiger partial charge in [-0.15, -0.1) is 5.10 Å². The van der Waals surface area contributed by atoms with E-state index in [1.54, 1.807) is 31.0 Å². The fraction of sp³-hybridized carbons (Fsp3) is 0.538. The molecular formula is C13H19N5O3. The Morgan fingerprint density at radius 3 is 2.76 bits per heavy atom. The van der Waals surface area contributed by atoms with E-state index in [9.17, 15) is 9.90 Å². The number of hydrogen-bond donors (Lipinski definition) is 1. The van der Waals surface area contributed by atoms with Crippen LogP contribution in [-0.2, 0) is 18.3 Å². The van der Waals surface area contributed by atoms with E-state index in [1.165, 1.54) is 11.8 Å². The molecule has 0 amide bonds. The number of esters is 1. The summed E-state index contributed by atoms with van der Waals surface area (Å²) in [6.07, 6.45) is 3.91. The monoisotopic (exact) mass is 293 g/mol. The molecule has 1 N–H and O–H groups in total. The minimum absolute atomic E-state index is 0.109. The molecule has 0 saturated heterocycles. The fourth-order valence-electron chi connectivity index (χ4n) is 1.92. The van der Waals surface area contributed by atoms with Gasteiger partial charge in [0.2, 0.25) is 0 Å². The molecule has 0 fully saturated rings. The maximum Gasteiger partial charge on any atom is 0.360 e. The lowest BCUT2D eigenvalue weighted by Gasteiger charge is -2.21. The molecule has 0 aliphatic rings. The van der Waals surface area contributed by atoms with Gasteiger partial charge in [0.25, 0.3) is 0 Å². The Labute approximate surface area is 122 Å². The van der Waals surface area contributed by atoms with E-state index in [4.69, 9.17) is 4.74 Å². The molecule has 114 valence electrons. The average Bonchev–Trinajstić information content (AvgIpc) is 3.03. The number of methoxy groups -OCH3 is 1. The first-order chi connectivity index (χ1) is 9.88. The molecular weight excluding hydrogens is 274 g/mol. The molecule has 2 aromatic rings. The number of carbonyl (C=O) groups is 1. The van der Waals surface area contributed by atoms with E-state index in [2.05, 4.69) is 15.4 Å². The lowest BCUT2D eigenvalue weighted by molar-refractivity contribution is 0.0344. The van der Waals surface area contributed by atoms with Crippen LogP contribution >= 0.6 is 0 Å². The highest BCUT2D eigenvalue weighted by Gasteiger charge is 2.27. The van der Waals surface area contributed by atoms with Gasteiger partial charge in [0.1, 0.15) is 5.69 Å². The molecule has 0 spiro atoms. The maximum absolute atomic E-state index is 11.8. The second-order valence-corrected chi connectivity index (χ2v) is 5.19. The van der Waals surface area contributed by atoms with Gasteiger partial charge < -0.3 is 9.84 Å². The second kappa shape index (κ2) is 5.65. The number of ether oxygens (including phenoxy) is 1. The number of aliphatic hydroxyl groups is 1. The van der Waals surface area contributed by atoms with Crippen molar-refractivity contribution < 1.29 is 14.6 Å². The van der Waals surface area contributed by atoms with Crippen LogP contribution in [0.2, 0.25) is 0 Å². The molecule has 2 aromatic heterocycles. The van der Waals surface area contributed by atoms with E-state index < -0.39 is 11.6 Å². The SMILES string of the molecule is CCC(C)(O)Cn1nnc(C(=O)OC)c1-c1cnn(C)c1. The summed E-state index contributed by atoms with van der Waals surface area (Å²) in [5, 5.41) is 22.2. The molecule has 0 radical (unpaired) electrons. The van der Waals surface area contributed by atoms with E-state index in [0.717, 1.165) is 0 Å². The van der Waals surface area contributed by atoms with Crippen molar-refractivity contribution in [3.63, 3.8) is 0 Å². The van der Waals surface area contributed by atoms with Crippen molar-refractivity contribution in [2.45, 2.75) is 32.4 Å². The number of carbonyl (C=O) groups excluding carboxylic acids is 1. The number of nitrogens with zero attached hydrogens (tertiary/aromatic N) is 5. The Morgan fingerprint density at radius 1 is 1.52 bits per heavy atom. The normalized spacial score (nSPS) is 14.0. The van der Waals surface area contributed by atoms with Crippen molar-refractivity contribution in [3.05, 3.63) is 18.1 Å². The molecule has 0 aliphatic heterocycles. The smallest absolute Gasteiger partial charge is 0.360 e. The zero-order valence-corrected chi connectivity index (χ0v) is 12.6. The third kappa shape index (κ3) is 3.10. The molecule has 1 unspecified atom stereocenters. The van der Waals surface area contributed by atoms with Crippen molar-refractivity contribution in [1.82, 2.24) is 24.8 Å². The molecule has 1 atom stereocenters. The quantitative estimate of drug-likeness (QED) is 0.812. The summed E-state index contributed by atoms with van der Waals surface area (Å²) in [5.41, 5.74) is 0.341. The summed E-state index contributed by atoms with van der Waals surface area (Å²) >= 11 is 0. The van der Waals surface area contributed by atoms with Crippen LogP contribution < -0.4 is 0 Å². The van der Waals surface area contributed by atoms with Crippen LogP contribution in [0.5, 0.6) is 0 Å². The largest absolute Gasteiger partial charge is 0.464 e. The highest BCUT2D eigenvalue weighted by molar-refractivity contribution is 5.93. The number of rotatable bonds is 5. The molecule has 8 nitrogen and oxygen atoms in total. The van der Waals surface area contributed by atoms with Crippen molar-refractivity contribution in [2.24, 2.45) is 7.05 Å². The van der Waals surface area contributed by atoms with Gasteiger partial charge in [0.05, 0.1) is 25.5 Å². The van der Waals surface area contributed by atoms with Crippen LogP contribution in [0.25, 0.3) is 11.3 Å². The fourth-order valence-corrected chi connectivity index (χ4v) is 1.92. The highest BCUT2D eigenvalue weighted by atomic mass is 16.5. The number of aromatic nitrogens is 5. The molecule has 2 rings (SSSR count). The Kier molecular flexibility index (Phi) is 4.08. The van der Waals surface area contributed by atoms with Crippen molar-refractivity contribution >= 4 is 5.97 Å². The van der Waals surface area contributed by atoms with E-state index in [1.807, 2.05) is 6.92 Å². The van der Waals surface area contributed by atoms with Gasteiger partial charge in [-0.1, -0.05) is 12.1 Å². The summed E-state index contributed by atoms with van der Waals surface area (Å²) in [6, 6.07) is 0. The number of hydrogen-bond acceptors (Lipinski definition) is 6. The Hall–Kier alpha value is -2.22. The molecule has 8 heteroatoms. The molecule has 0 aliphatic carbocycles. The van der Waals surface area contributed by atoms with Gasteiger partial charge in [-0.2, -0.15) is 5.10 Å². The van der Waals surface area contributed by atoms with Crippen molar-refractivity contribution in [3.8, 4) is 11.3 Å². The van der Waals surface area contributed by atoms with Crippen LogP contribution in [0.3, 0.4) is 0 Å². The van der Waals surface area contributed by atoms with Crippen LogP contribution in [0.15, 0.2) is 12.4 Å². The van der Waals surface area contributed by atoms with Gasteiger partial charge in [0.15, 0.2) is 5.69 Å². The third-order valence-electron chi connectivity index (χ3n) is 3.34. The van der Waals surface area contributed by atoms with Crippen molar-refractivity contribution in [1.29, 1.82) is 0 Å². The zero-order chi connectivity index (χ0) is 15.6. The second-order valence-electron chi connectivity index (χ2n) is 5.19. The van der Waals surface area contributed by atoms with Crippen LogP contribution in [0.4, 0.5) is 0 Å². The molecule has 2 heterocycles. The van der Waals surface area contributed by atoms with Crippen LogP contribution in [0, 0.1) is 0 Å². The summed E-state index contributed by atoms with van der Waals surface area (Å²) in [5.74, 6) is -0.573. The predicted molar refractivity (Wildman–Crippen MR) is 74.5 cm³/mol. The Morgan fingerprint density at radius 2 is 2.24 bits per heavy atom. The van der Waals surface area contributed by atoms with Crippen LogP contribution in [0.1, 0.15) is 30.8 Å². The maximum atomic E-state index is 11.8. The standard InChI is InChI=1S/C13H19N5O3/c1-5-13(2,20)8-18-11(9-6-14-17(3)7-9)10(15-16-18)12(19)21-4/h6-7,20H,5,8H2,1-4H3. The Balaban J connectivity index is 2.51. The summed E-state index contributed by atoms with van der Waals surface area (Å²) in [7, 11) is 3.06. The molecule has 0 bridgehead atoms. The lowest BCUT2D eigenvalue weighted by Crippen LogP contribution is -2.30. The molecule has 21 heavy (non-hydrogen) atoms. The molecule has 0 saturated carbocycles. The minimum Gasteiger partial charge on any atom is -0.464 e. The first-order valence-electron chi connectivity index (χ1n) is 6.61. The zero-order valence-electron chi connectivity index (χ0n) is 12.6. The minimum atomic E-state index is -0.946. The van der Waals surface area contributed by atoms with E-state index in [0.29, 0.717) is 17.7 Å². The Bertz CT molecular complexity index is 644. The molecule has 0 aromatic carbocycles. The van der Waals surface area contributed by atoms with Gasteiger partial charge in [-0.25, -0.2) is 9.48 Å². The predicted octanol–water partition coefficient (Wildman–Crippen LogP) is 0.626. The van der Waals surface area contributed by atoms with Gasteiger partial charge in [-0.05, 0) is 13.3 Å². The van der Waals surface area contributed by atoms with Gasteiger partial charge in [0, 0.05) is 18.8 Å². The van der Waals surface area contributed by atoms with Gasteiger partial charge in [-0.3, -0.25) is 4.68 Å². The summed E-state index contributed by atoms with van der Waals surface area (Å²) in [6.45, 7) is 3.80. The van der Waals surface area contributed by atoms with Crippen LogP contribution in [-0.4, -0.2) is 48.6 Å². The topological polar surface area (TPSA) is 95.1 Å². The third-order valence-corrected chi connectivity index (χ3v) is 3.34. The summed E-state index contributed by atoms with van der Waals surface area (Å²) < 4.78 is 7.85. The first kappa shape index (κ1) is 15.2. The van der Waals surface area contributed by atoms with Crippen molar-refractivity contribution in [2.75, 3.05) is 7.11 Å². The average molecular weight is 293 g/mol. The van der Waals surface area contributed by atoms with E-state index in [-0.39, 0.29) is 12.2 Å². The lowest BCUT2D eigenvalue weighted by atomic mass is 10.0. The number of aryl methyl sites for hydroxylation is 1. The van der Waals surface area contributed by atoms with Gasteiger partial charge >= 0.3 is 5.97 Å². The highest BCUT2D eigenvalue weighted by Crippen LogP contribution is 2.24. The van der Waals surface area contributed by atoms with E-state index >= 15 is 0 Å². The summed E-state index contributed by atoms with van der Waals surface area (Å²) in [4.78, 5) is 11.8.